The molecule has 0 aliphatic heterocycles. The summed E-state index contributed by atoms with van der Waals surface area (Å²) >= 11 is 0. The smallest absolute Gasteiger partial charge is 0.225 e. The third-order valence-electron chi connectivity index (χ3n) is 4.66. The third-order valence-corrected chi connectivity index (χ3v) is 4.66. The number of rotatable bonds is 7. The molecule has 2 heterocycles. The number of benzene rings is 2. The van der Waals surface area contributed by atoms with E-state index < -0.39 is 0 Å². The summed E-state index contributed by atoms with van der Waals surface area (Å²) in [5, 5.41) is 6.84. The summed E-state index contributed by atoms with van der Waals surface area (Å²) in [4.78, 5) is 13.5. The Hall–Kier alpha value is -3.73. The Labute approximate surface area is 170 Å². The van der Waals surface area contributed by atoms with Crippen LogP contribution in [0.4, 0.5) is 11.8 Å². The highest BCUT2D eigenvalue weighted by Crippen LogP contribution is 2.24. The van der Waals surface area contributed by atoms with Gasteiger partial charge in [0.25, 0.3) is 0 Å². The van der Waals surface area contributed by atoms with Gasteiger partial charge in [-0.15, -0.1) is 0 Å². The summed E-state index contributed by atoms with van der Waals surface area (Å²) in [7, 11) is 0. The number of nitrogens with one attached hydrogen (secondary N) is 2. The van der Waals surface area contributed by atoms with Gasteiger partial charge in [-0.3, -0.25) is 4.98 Å². The number of hydrogen-bond acceptors (Lipinski definition) is 5. The molecule has 0 fully saturated rings. The monoisotopic (exact) mass is 381 g/mol. The second-order valence-corrected chi connectivity index (χ2v) is 6.81. The third kappa shape index (κ3) is 4.96. The van der Waals surface area contributed by atoms with Gasteiger partial charge in [-0.2, -0.15) is 4.98 Å². The van der Waals surface area contributed by atoms with Crippen molar-refractivity contribution in [2.45, 2.75) is 19.5 Å². The van der Waals surface area contributed by atoms with E-state index in [1.807, 2.05) is 54.6 Å². The highest BCUT2D eigenvalue weighted by Gasteiger charge is 2.10. The van der Waals surface area contributed by atoms with Crippen molar-refractivity contribution in [2.24, 2.45) is 0 Å². The van der Waals surface area contributed by atoms with Crippen LogP contribution >= 0.6 is 0 Å². The minimum atomic E-state index is 0.128. The lowest BCUT2D eigenvalue weighted by molar-refractivity contribution is 0.871. The van der Waals surface area contributed by atoms with E-state index in [1.165, 1.54) is 5.56 Å². The van der Waals surface area contributed by atoms with Gasteiger partial charge in [-0.25, -0.2) is 4.98 Å². The van der Waals surface area contributed by atoms with Gasteiger partial charge in [-0.05, 0) is 30.2 Å². The van der Waals surface area contributed by atoms with E-state index in [1.54, 1.807) is 12.4 Å². The van der Waals surface area contributed by atoms with Crippen molar-refractivity contribution >= 4 is 11.8 Å². The van der Waals surface area contributed by atoms with E-state index in [2.05, 4.69) is 46.8 Å². The zero-order valence-corrected chi connectivity index (χ0v) is 16.3. The maximum Gasteiger partial charge on any atom is 0.225 e. The molecule has 0 spiro atoms. The Morgan fingerprint density at radius 3 is 2.24 bits per heavy atom. The maximum absolute atomic E-state index is 4.72. The lowest BCUT2D eigenvalue weighted by Crippen LogP contribution is -2.11. The number of nitrogens with zero attached hydrogens (tertiary/aromatic N) is 3. The normalized spacial score (nSPS) is 11.6. The Morgan fingerprint density at radius 1 is 0.828 bits per heavy atom. The van der Waals surface area contributed by atoms with Crippen molar-refractivity contribution in [2.75, 3.05) is 10.6 Å². The molecule has 0 radical (unpaired) electrons. The number of aromatic nitrogens is 3. The first kappa shape index (κ1) is 18.6. The standard InChI is InChI=1S/C24H23N5/c1-18(20-8-4-2-5-9-20)27-23-16-22(21-10-6-3-7-11-21)28-24(29-23)26-17-19-12-14-25-15-13-19/h2-16,18H,17H2,1H3,(H2,26,27,28,29). The molecule has 29 heavy (non-hydrogen) atoms. The van der Waals surface area contributed by atoms with Crippen molar-refractivity contribution < 1.29 is 0 Å². The molecule has 5 nitrogen and oxygen atoms in total. The first-order chi connectivity index (χ1) is 14.3. The summed E-state index contributed by atoms with van der Waals surface area (Å²) in [5.41, 5.74) is 4.26. The Morgan fingerprint density at radius 2 is 1.52 bits per heavy atom. The highest BCUT2D eigenvalue weighted by molar-refractivity contribution is 5.64. The highest BCUT2D eigenvalue weighted by atomic mass is 15.1. The van der Waals surface area contributed by atoms with Gasteiger partial charge >= 0.3 is 0 Å². The molecule has 2 aromatic heterocycles. The van der Waals surface area contributed by atoms with Crippen molar-refractivity contribution in [1.29, 1.82) is 0 Å². The van der Waals surface area contributed by atoms with Crippen molar-refractivity contribution in [1.82, 2.24) is 15.0 Å². The molecule has 1 unspecified atom stereocenters. The zero-order chi connectivity index (χ0) is 19.9. The molecule has 144 valence electrons. The average molecular weight is 381 g/mol. The van der Waals surface area contributed by atoms with Gasteiger partial charge in [0.2, 0.25) is 5.95 Å². The molecule has 0 saturated heterocycles. The first-order valence-corrected chi connectivity index (χ1v) is 9.67. The Bertz CT molecular complexity index is 1040. The van der Waals surface area contributed by atoms with Crippen LogP contribution in [0.1, 0.15) is 24.1 Å². The topological polar surface area (TPSA) is 62.7 Å². The second kappa shape index (κ2) is 8.97. The van der Waals surface area contributed by atoms with E-state index in [9.17, 15) is 0 Å². The molecular formula is C24H23N5. The van der Waals surface area contributed by atoms with Crippen LogP contribution in [0.25, 0.3) is 11.3 Å². The van der Waals surface area contributed by atoms with Crippen LogP contribution in [0.3, 0.4) is 0 Å². The minimum Gasteiger partial charge on any atom is -0.363 e. The number of anilines is 2. The van der Waals surface area contributed by atoms with Crippen LogP contribution in [0, 0.1) is 0 Å². The molecule has 0 aliphatic carbocycles. The van der Waals surface area contributed by atoms with Gasteiger partial charge in [0, 0.05) is 36.6 Å². The van der Waals surface area contributed by atoms with Crippen molar-refractivity contribution in [3.05, 3.63) is 102 Å². The van der Waals surface area contributed by atoms with E-state index in [0.717, 1.165) is 22.6 Å². The minimum absolute atomic E-state index is 0.128. The molecule has 4 aromatic rings. The Balaban J connectivity index is 1.61. The fraction of sp³-hybridized carbons (Fsp3) is 0.125. The predicted molar refractivity (Wildman–Crippen MR) is 118 cm³/mol. The van der Waals surface area contributed by atoms with Gasteiger partial charge < -0.3 is 10.6 Å². The Kier molecular flexibility index (Phi) is 5.76. The predicted octanol–water partition coefficient (Wildman–Crippen LogP) is 5.32. The SMILES string of the molecule is CC(Nc1cc(-c2ccccc2)nc(NCc2ccncc2)n1)c1ccccc1. The van der Waals surface area contributed by atoms with Crippen molar-refractivity contribution in [3.63, 3.8) is 0 Å². The fourth-order valence-corrected chi connectivity index (χ4v) is 3.09. The maximum atomic E-state index is 4.72. The molecule has 0 bridgehead atoms. The molecule has 0 amide bonds. The lowest BCUT2D eigenvalue weighted by atomic mass is 10.1. The van der Waals surface area contributed by atoms with Crippen LogP contribution in [-0.4, -0.2) is 15.0 Å². The van der Waals surface area contributed by atoms with Gasteiger partial charge in [0.1, 0.15) is 5.82 Å². The second-order valence-electron chi connectivity index (χ2n) is 6.81. The number of hydrogen-bond donors (Lipinski definition) is 2. The molecular weight excluding hydrogens is 358 g/mol. The van der Waals surface area contributed by atoms with Gasteiger partial charge in [0.05, 0.1) is 5.69 Å². The summed E-state index contributed by atoms with van der Waals surface area (Å²) in [5.74, 6) is 1.37. The van der Waals surface area contributed by atoms with Crippen molar-refractivity contribution in [3.8, 4) is 11.3 Å². The lowest BCUT2D eigenvalue weighted by Gasteiger charge is -2.17. The van der Waals surface area contributed by atoms with Gasteiger partial charge in [0.15, 0.2) is 0 Å². The molecule has 4 rings (SSSR count). The summed E-state index contributed by atoms with van der Waals surface area (Å²) < 4.78 is 0. The van der Waals surface area contributed by atoms with E-state index in [0.29, 0.717) is 12.5 Å². The largest absolute Gasteiger partial charge is 0.363 e. The van der Waals surface area contributed by atoms with E-state index >= 15 is 0 Å². The van der Waals surface area contributed by atoms with Crippen LogP contribution in [0.5, 0.6) is 0 Å². The molecule has 2 aromatic carbocycles. The summed E-state index contributed by atoms with van der Waals surface area (Å²) in [6.07, 6.45) is 3.57. The molecule has 0 saturated carbocycles. The van der Waals surface area contributed by atoms with E-state index in [-0.39, 0.29) is 6.04 Å². The molecule has 0 aliphatic rings. The zero-order valence-electron chi connectivity index (χ0n) is 16.3. The van der Waals surface area contributed by atoms with Crippen LogP contribution in [0.2, 0.25) is 0 Å². The average Bonchev–Trinajstić information content (AvgIpc) is 2.79. The quantitative estimate of drug-likeness (QED) is 0.453. The fourth-order valence-electron chi connectivity index (χ4n) is 3.09. The molecule has 2 N–H and O–H groups in total. The molecule has 5 heteroatoms. The molecule has 1 atom stereocenters. The van der Waals surface area contributed by atoms with Crippen LogP contribution in [-0.2, 0) is 6.54 Å². The summed E-state index contributed by atoms with van der Waals surface area (Å²) in [6, 6.07) is 26.6. The van der Waals surface area contributed by atoms with Crippen LogP contribution in [0.15, 0.2) is 91.3 Å². The summed E-state index contributed by atoms with van der Waals surface area (Å²) in [6.45, 7) is 2.76. The first-order valence-electron chi connectivity index (χ1n) is 9.67. The van der Waals surface area contributed by atoms with Gasteiger partial charge in [-0.1, -0.05) is 60.7 Å². The van der Waals surface area contributed by atoms with Crippen LogP contribution < -0.4 is 10.6 Å². The van der Waals surface area contributed by atoms with E-state index in [4.69, 9.17) is 9.97 Å². The number of pyridine rings is 1.